The first-order valence-corrected chi connectivity index (χ1v) is 8.90. The predicted octanol–water partition coefficient (Wildman–Crippen LogP) is 5.42. The minimum atomic E-state index is 0.628. The number of anilines is 1. The number of hydrogen-bond acceptors (Lipinski definition) is 2. The van der Waals surface area contributed by atoms with Gasteiger partial charge in [-0.2, -0.15) is 0 Å². The molecule has 1 aliphatic heterocycles. The van der Waals surface area contributed by atoms with Crippen LogP contribution in [0.1, 0.15) is 44.6 Å². The van der Waals surface area contributed by atoms with E-state index < -0.39 is 0 Å². The Bertz CT molecular complexity index is 594. The molecule has 2 aromatic carbocycles. The molecule has 0 amide bonds. The Morgan fingerprint density at radius 1 is 1.04 bits per heavy atom. The number of rotatable bonds is 6. The van der Waals surface area contributed by atoms with Gasteiger partial charge in [0.2, 0.25) is 0 Å². The van der Waals surface area contributed by atoms with Crippen LogP contribution in [-0.2, 0) is 6.61 Å². The molecular weight excluding hydrogens is 282 g/mol. The quantitative estimate of drug-likeness (QED) is 0.706. The molecule has 0 bridgehead atoms. The van der Waals surface area contributed by atoms with Crippen molar-refractivity contribution in [3.05, 3.63) is 60.2 Å². The lowest BCUT2D eigenvalue weighted by atomic mass is 9.97. The second kappa shape index (κ2) is 8.05. The van der Waals surface area contributed by atoms with E-state index in [4.69, 9.17) is 4.74 Å². The fourth-order valence-electron chi connectivity index (χ4n) is 3.47. The van der Waals surface area contributed by atoms with Crippen molar-refractivity contribution in [1.29, 1.82) is 0 Å². The zero-order valence-corrected chi connectivity index (χ0v) is 14.1. The third-order valence-corrected chi connectivity index (χ3v) is 4.65. The summed E-state index contributed by atoms with van der Waals surface area (Å²) in [5.41, 5.74) is 2.52. The van der Waals surface area contributed by atoms with E-state index in [-0.39, 0.29) is 0 Å². The molecule has 2 aromatic rings. The molecule has 2 nitrogen and oxygen atoms in total. The lowest BCUT2D eigenvalue weighted by Gasteiger charge is -2.37. The second-order valence-corrected chi connectivity index (χ2v) is 6.40. The van der Waals surface area contributed by atoms with E-state index in [2.05, 4.69) is 60.4 Å². The van der Waals surface area contributed by atoms with Crippen LogP contribution in [0.5, 0.6) is 5.75 Å². The summed E-state index contributed by atoms with van der Waals surface area (Å²) < 4.78 is 5.99. The molecule has 0 spiro atoms. The molecular formula is C21H27NO. The molecule has 0 radical (unpaired) electrons. The third-order valence-electron chi connectivity index (χ3n) is 4.65. The fraction of sp³-hybridized carbons (Fsp3) is 0.429. The summed E-state index contributed by atoms with van der Waals surface area (Å²) in [6.07, 6.45) is 6.53. The molecule has 1 heterocycles. The molecule has 0 N–H and O–H groups in total. The van der Waals surface area contributed by atoms with Crippen molar-refractivity contribution in [3.63, 3.8) is 0 Å². The monoisotopic (exact) mass is 309 g/mol. The first-order valence-electron chi connectivity index (χ1n) is 8.90. The summed E-state index contributed by atoms with van der Waals surface area (Å²) in [7, 11) is 0. The smallest absolute Gasteiger partial charge is 0.121 e. The van der Waals surface area contributed by atoms with Gasteiger partial charge in [-0.25, -0.2) is 0 Å². The van der Waals surface area contributed by atoms with Gasteiger partial charge in [-0.15, -0.1) is 0 Å². The lowest BCUT2D eigenvalue weighted by Crippen LogP contribution is -2.39. The molecule has 122 valence electrons. The summed E-state index contributed by atoms with van der Waals surface area (Å²) in [5.74, 6) is 0.965. The van der Waals surface area contributed by atoms with Crippen molar-refractivity contribution in [2.75, 3.05) is 11.4 Å². The summed E-state index contributed by atoms with van der Waals surface area (Å²) in [5, 5.41) is 0. The fourth-order valence-corrected chi connectivity index (χ4v) is 3.47. The van der Waals surface area contributed by atoms with Gasteiger partial charge < -0.3 is 9.64 Å². The number of benzene rings is 2. The van der Waals surface area contributed by atoms with E-state index in [1.165, 1.54) is 49.9 Å². The third kappa shape index (κ3) is 4.28. The van der Waals surface area contributed by atoms with E-state index in [0.29, 0.717) is 12.6 Å². The number of piperidine rings is 1. The maximum absolute atomic E-state index is 5.99. The molecule has 1 saturated heterocycles. The summed E-state index contributed by atoms with van der Waals surface area (Å²) in [6.45, 7) is 4.08. The topological polar surface area (TPSA) is 12.5 Å². The second-order valence-electron chi connectivity index (χ2n) is 6.40. The highest BCUT2D eigenvalue weighted by molar-refractivity contribution is 5.52. The van der Waals surface area contributed by atoms with Crippen LogP contribution in [0.2, 0.25) is 0 Å². The van der Waals surface area contributed by atoms with Crippen molar-refractivity contribution in [2.45, 2.75) is 51.7 Å². The molecule has 2 heteroatoms. The Morgan fingerprint density at radius 2 is 1.91 bits per heavy atom. The largest absolute Gasteiger partial charge is 0.489 e. The SMILES string of the molecule is CCC[C@@H]1CCCCN1c1cccc(OCc2ccccc2)c1. The van der Waals surface area contributed by atoms with E-state index in [9.17, 15) is 0 Å². The Kier molecular flexibility index (Phi) is 5.57. The van der Waals surface area contributed by atoms with Crippen LogP contribution >= 0.6 is 0 Å². The van der Waals surface area contributed by atoms with Gasteiger partial charge in [0.05, 0.1) is 0 Å². The van der Waals surface area contributed by atoms with Crippen LogP contribution in [-0.4, -0.2) is 12.6 Å². The van der Waals surface area contributed by atoms with Crippen molar-refractivity contribution < 1.29 is 4.74 Å². The van der Waals surface area contributed by atoms with Crippen molar-refractivity contribution >= 4 is 5.69 Å². The van der Waals surface area contributed by atoms with Gasteiger partial charge in [0.25, 0.3) is 0 Å². The highest BCUT2D eigenvalue weighted by Crippen LogP contribution is 2.29. The van der Waals surface area contributed by atoms with Gasteiger partial charge >= 0.3 is 0 Å². The van der Waals surface area contributed by atoms with Crippen LogP contribution in [0.3, 0.4) is 0 Å². The molecule has 1 aliphatic rings. The maximum Gasteiger partial charge on any atom is 0.121 e. The van der Waals surface area contributed by atoms with E-state index in [1.54, 1.807) is 0 Å². The van der Waals surface area contributed by atoms with E-state index in [0.717, 1.165) is 5.75 Å². The zero-order valence-electron chi connectivity index (χ0n) is 14.1. The van der Waals surface area contributed by atoms with Crippen LogP contribution in [0.4, 0.5) is 5.69 Å². The Morgan fingerprint density at radius 3 is 2.74 bits per heavy atom. The first kappa shape index (κ1) is 15.9. The first-order chi connectivity index (χ1) is 11.4. The summed E-state index contributed by atoms with van der Waals surface area (Å²) in [6, 6.07) is 19.7. The van der Waals surface area contributed by atoms with Gasteiger partial charge in [-0.05, 0) is 43.4 Å². The highest BCUT2D eigenvalue weighted by Gasteiger charge is 2.22. The zero-order chi connectivity index (χ0) is 15.9. The number of hydrogen-bond donors (Lipinski definition) is 0. The van der Waals surface area contributed by atoms with Crippen LogP contribution in [0.25, 0.3) is 0 Å². The molecule has 0 saturated carbocycles. The molecule has 3 rings (SSSR count). The Balaban J connectivity index is 1.68. The maximum atomic E-state index is 5.99. The van der Waals surface area contributed by atoms with Gasteiger partial charge in [-0.1, -0.05) is 49.7 Å². The van der Waals surface area contributed by atoms with Gasteiger partial charge in [0, 0.05) is 24.3 Å². The molecule has 0 aliphatic carbocycles. The number of ether oxygens (including phenoxy) is 1. The minimum Gasteiger partial charge on any atom is -0.489 e. The van der Waals surface area contributed by atoms with Crippen molar-refractivity contribution in [1.82, 2.24) is 0 Å². The Hall–Kier alpha value is -1.96. The molecule has 23 heavy (non-hydrogen) atoms. The van der Waals surface area contributed by atoms with Crippen LogP contribution in [0.15, 0.2) is 54.6 Å². The minimum absolute atomic E-state index is 0.628. The van der Waals surface area contributed by atoms with E-state index >= 15 is 0 Å². The van der Waals surface area contributed by atoms with Crippen molar-refractivity contribution in [3.8, 4) is 5.75 Å². The predicted molar refractivity (Wildman–Crippen MR) is 97.1 cm³/mol. The van der Waals surface area contributed by atoms with Gasteiger partial charge in [0.1, 0.15) is 12.4 Å². The molecule has 1 atom stereocenters. The average molecular weight is 309 g/mol. The van der Waals surface area contributed by atoms with Gasteiger partial charge in [0.15, 0.2) is 0 Å². The standard InChI is InChI=1S/C21H27NO/c1-2-9-19-12-6-7-15-22(19)20-13-8-14-21(16-20)23-17-18-10-4-3-5-11-18/h3-5,8,10-11,13-14,16,19H,2,6-7,9,12,15,17H2,1H3/t19-/m1/s1. The molecule has 1 fully saturated rings. The summed E-state index contributed by atoms with van der Waals surface area (Å²) in [4.78, 5) is 2.59. The molecule has 0 aromatic heterocycles. The average Bonchev–Trinajstić information content (AvgIpc) is 2.62. The van der Waals surface area contributed by atoms with Crippen molar-refractivity contribution in [2.24, 2.45) is 0 Å². The van der Waals surface area contributed by atoms with E-state index in [1.807, 2.05) is 6.07 Å². The van der Waals surface area contributed by atoms with Crippen LogP contribution < -0.4 is 9.64 Å². The summed E-state index contributed by atoms with van der Waals surface area (Å²) >= 11 is 0. The normalized spacial score (nSPS) is 18.0. The van der Waals surface area contributed by atoms with Crippen LogP contribution in [0, 0.1) is 0 Å². The lowest BCUT2D eigenvalue weighted by molar-refractivity contribution is 0.306. The Labute approximate surface area is 140 Å². The highest BCUT2D eigenvalue weighted by atomic mass is 16.5. The van der Waals surface area contributed by atoms with Gasteiger partial charge in [-0.3, -0.25) is 0 Å². The number of nitrogens with zero attached hydrogens (tertiary/aromatic N) is 1. The molecule has 0 unspecified atom stereocenters.